The molecule has 0 aromatic carbocycles. The molecular weight excluding hydrogens is 290 g/mol. The molecule has 1 heterocycles. The van der Waals surface area contributed by atoms with Crippen molar-refractivity contribution in [2.75, 3.05) is 7.11 Å². The molecule has 0 spiro atoms. The van der Waals surface area contributed by atoms with Gasteiger partial charge >= 0.3 is 0 Å². The number of methoxy groups -OCH3 is 1. The normalized spacial score (nSPS) is 11.5. The predicted octanol–water partition coefficient (Wildman–Crippen LogP) is 2.94. The van der Waals surface area contributed by atoms with Gasteiger partial charge < -0.3 is 10.1 Å². The van der Waals surface area contributed by atoms with E-state index < -0.39 is 5.60 Å². The average Bonchev–Trinajstić information content (AvgIpc) is 2.61. The molecule has 1 aromatic heterocycles. The number of halogens is 1. The summed E-state index contributed by atoms with van der Waals surface area (Å²) in [6.45, 7) is 4.37. The fourth-order valence-corrected chi connectivity index (χ4v) is 2.54. The van der Waals surface area contributed by atoms with E-state index in [-0.39, 0.29) is 5.91 Å². The van der Waals surface area contributed by atoms with Crippen LogP contribution in [0.25, 0.3) is 0 Å². The van der Waals surface area contributed by atoms with Crippen LogP contribution in [0.3, 0.4) is 0 Å². The molecule has 0 bridgehead atoms. The van der Waals surface area contributed by atoms with Crippen LogP contribution in [0.1, 0.15) is 25.1 Å². The van der Waals surface area contributed by atoms with Crippen LogP contribution in [0, 0.1) is 0 Å². The van der Waals surface area contributed by atoms with Crippen LogP contribution in [-0.2, 0) is 16.1 Å². The third-order valence-corrected chi connectivity index (χ3v) is 3.92. The number of ether oxygens (including phenoxy) is 1. The zero-order chi connectivity index (χ0) is 12.2. The monoisotopic (exact) mass is 305 g/mol. The average molecular weight is 306 g/mol. The number of hydrogen-bond acceptors (Lipinski definition) is 3. The fraction of sp³-hybridized carbons (Fsp3) is 0.545. The minimum Gasteiger partial charge on any atom is -0.378 e. The predicted molar refractivity (Wildman–Crippen MR) is 69.6 cm³/mol. The number of amides is 1. The second kappa shape index (κ2) is 5.80. The largest absolute Gasteiger partial charge is 0.378 e. The highest BCUT2D eigenvalue weighted by atomic mass is 79.9. The molecule has 0 aliphatic heterocycles. The number of thiophene rings is 1. The first kappa shape index (κ1) is 13.7. The van der Waals surface area contributed by atoms with E-state index in [2.05, 4.69) is 21.2 Å². The maximum atomic E-state index is 11.6. The molecule has 0 fully saturated rings. The summed E-state index contributed by atoms with van der Waals surface area (Å²) in [6, 6.07) is 2.01. The lowest BCUT2D eigenvalue weighted by Crippen LogP contribution is -2.33. The molecule has 0 radical (unpaired) electrons. The molecule has 5 heteroatoms. The van der Waals surface area contributed by atoms with E-state index >= 15 is 0 Å². The Bertz CT molecular complexity index is 363. The lowest BCUT2D eigenvalue weighted by atomic mass is 10.1. The minimum atomic E-state index is -0.403. The van der Waals surface area contributed by atoms with Crippen LogP contribution < -0.4 is 5.32 Å². The van der Waals surface area contributed by atoms with Gasteiger partial charge in [0, 0.05) is 21.8 Å². The van der Waals surface area contributed by atoms with E-state index in [1.165, 1.54) is 0 Å². The highest BCUT2D eigenvalue weighted by Crippen LogP contribution is 2.19. The van der Waals surface area contributed by atoms with Crippen molar-refractivity contribution in [1.82, 2.24) is 5.32 Å². The zero-order valence-electron chi connectivity index (χ0n) is 9.67. The maximum Gasteiger partial charge on any atom is 0.223 e. The molecule has 0 unspecified atom stereocenters. The van der Waals surface area contributed by atoms with Gasteiger partial charge in [0.25, 0.3) is 0 Å². The third-order valence-electron chi connectivity index (χ3n) is 2.22. The van der Waals surface area contributed by atoms with E-state index in [0.717, 1.165) is 9.35 Å². The van der Waals surface area contributed by atoms with Crippen LogP contribution in [-0.4, -0.2) is 18.6 Å². The summed E-state index contributed by atoms with van der Waals surface area (Å²) < 4.78 is 6.25. The van der Waals surface area contributed by atoms with Gasteiger partial charge in [0.1, 0.15) is 0 Å². The molecule has 0 aliphatic carbocycles. The van der Waals surface area contributed by atoms with Crippen molar-refractivity contribution in [1.29, 1.82) is 0 Å². The van der Waals surface area contributed by atoms with Crippen molar-refractivity contribution in [3.8, 4) is 0 Å². The quantitative estimate of drug-likeness (QED) is 0.908. The summed E-state index contributed by atoms with van der Waals surface area (Å²) in [5, 5.41) is 4.87. The fourth-order valence-electron chi connectivity index (χ4n) is 1.15. The van der Waals surface area contributed by atoms with Crippen LogP contribution in [0.2, 0.25) is 0 Å². The van der Waals surface area contributed by atoms with Gasteiger partial charge in [-0.05, 0) is 35.8 Å². The topological polar surface area (TPSA) is 38.3 Å². The second-order valence-electron chi connectivity index (χ2n) is 4.15. The summed E-state index contributed by atoms with van der Waals surface area (Å²) in [4.78, 5) is 12.7. The van der Waals surface area contributed by atoms with E-state index in [9.17, 15) is 4.79 Å². The van der Waals surface area contributed by atoms with Gasteiger partial charge in [-0.15, -0.1) is 11.3 Å². The number of carbonyl (C=O) groups is 1. The first-order valence-corrected chi connectivity index (χ1v) is 6.65. The van der Waals surface area contributed by atoms with E-state index in [1.54, 1.807) is 18.4 Å². The molecule has 1 aromatic rings. The Morgan fingerprint density at radius 2 is 2.31 bits per heavy atom. The number of hydrogen-bond donors (Lipinski definition) is 1. The van der Waals surface area contributed by atoms with Gasteiger partial charge in [-0.25, -0.2) is 0 Å². The standard InChI is InChI=1S/C11H16BrNO2S/c1-11(2,15-3)5-10(14)13-6-9-4-8(12)7-16-9/h4,7H,5-6H2,1-3H3,(H,13,14). The molecule has 0 saturated carbocycles. The number of rotatable bonds is 5. The van der Waals surface area contributed by atoms with Crippen molar-refractivity contribution in [3.05, 3.63) is 20.8 Å². The summed E-state index contributed by atoms with van der Waals surface area (Å²) in [5.74, 6) is 0.0105. The molecule has 16 heavy (non-hydrogen) atoms. The van der Waals surface area contributed by atoms with Crippen molar-refractivity contribution < 1.29 is 9.53 Å². The Morgan fingerprint density at radius 1 is 1.62 bits per heavy atom. The Kier molecular flexibility index (Phi) is 4.95. The Labute approximate surface area is 108 Å². The molecular formula is C11H16BrNO2S. The van der Waals surface area contributed by atoms with Gasteiger partial charge in [0.2, 0.25) is 5.91 Å². The highest BCUT2D eigenvalue weighted by Gasteiger charge is 2.20. The SMILES string of the molecule is COC(C)(C)CC(=O)NCc1cc(Br)cs1. The zero-order valence-corrected chi connectivity index (χ0v) is 12.1. The molecule has 0 aliphatic rings. The van der Waals surface area contributed by atoms with E-state index in [4.69, 9.17) is 4.74 Å². The molecule has 1 rings (SSSR count). The summed E-state index contributed by atoms with van der Waals surface area (Å²) in [7, 11) is 1.61. The van der Waals surface area contributed by atoms with Crippen molar-refractivity contribution in [2.24, 2.45) is 0 Å². The summed E-state index contributed by atoms with van der Waals surface area (Å²) >= 11 is 5.00. The Morgan fingerprint density at radius 3 is 2.81 bits per heavy atom. The van der Waals surface area contributed by atoms with Crippen LogP contribution in [0.5, 0.6) is 0 Å². The summed E-state index contributed by atoms with van der Waals surface area (Å²) in [5.41, 5.74) is -0.403. The van der Waals surface area contributed by atoms with Gasteiger partial charge in [0.05, 0.1) is 18.6 Å². The lowest BCUT2D eigenvalue weighted by molar-refractivity contribution is -0.126. The second-order valence-corrected chi connectivity index (χ2v) is 6.06. The first-order chi connectivity index (χ1) is 7.43. The smallest absolute Gasteiger partial charge is 0.223 e. The molecule has 3 nitrogen and oxygen atoms in total. The highest BCUT2D eigenvalue weighted by molar-refractivity contribution is 9.10. The van der Waals surface area contributed by atoms with Crippen LogP contribution in [0.15, 0.2) is 15.9 Å². The van der Waals surface area contributed by atoms with Gasteiger partial charge in [-0.2, -0.15) is 0 Å². The van der Waals surface area contributed by atoms with Gasteiger partial charge in [0.15, 0.2) is 0 Å². The molecule has 1 amide bonds. The molecule has 1 N–H and O–H groups in total. The van der Waals surface area contributed by atoms with Gasteiger partial charge in [-0.3, -0.25) is 4.79 Å². The number of carbonyl (C=O) groups excluding carboxylic acids is 1. The lowest BCUT2D eigenvalue weighted by Gasteiger charge is -2.21. The van der Waals surface area contributed by atoms with E-state index in [0.29, 0.717) is 13.0 Å². The van der Waals surface area contributed by atoms with Crippen molar-refractivity contribution in [2.45, 2.75) is 32.4 Å². The van der Waals surface area contributed by atoms with E-state index in [1.807, 2.05) is 25.3 Å². The molecule has 0 saturated heterocycles. The third kappa shape index (κ3) is 4.63. The van der Waals surface area contributed by atoms with Gasteiger partial charge in [-0.1, -0.05) is 0 Å². The molecule has 0 atom stereocenters. The van der Waals surface area contributed by atoms with Crippen LogP contribution >= 0.6 is 27.3 Å². The summed E-state index contributed by atoms with van der Waals surface area (Å²) in [6.07, 6.45) is 0.371. The minimum absolute atomic E-state index is 0.0105. The van der Waals surface area contributed by atoms with Crippen molar-refractivity contribution in [3.63, 3.8) is 0 Å². The Hall–Kier alpha value is -0.390. The Balaban J connectivity index is 2.36. The maximum absolute atomic E-state index is 11.6. The molecule has 90 valence electrons. The number of nitrogens with one attached hydrogen (secondary N) is 1. The van der Waals surface area contributed by atoms with Crippen LogP contribution in [0.4, 0.5) is 0 Å². The first-order valence-electron chi connectivity index (χ1n) is 4.98. The van der Waals surface area contributed by atoms with Crippen molar-refractivity contribution >= 4 is 33.2 Å².